The highest BCUT2D eigenvalue weighted by atomic mass is 15.1. The zero-order chi connectivity index (χ0) is 11.5. The van der Waals surface area contributed by atoms with Crippen molar-refractivity contribution in [1.82, 2.24) is 20.2 Å². The number of aromatic nitrogens is 4. The molecule has 0 unspecified atom stereocenters. The summed E-state index contributed by atoms with van der Waals surface area (Å²) < 4.78 is 0. The number of nitrogens with one attached hydrogen (secondary N) is 3. The van der Waals surface area contributed by atoms with Crippen molar-refractivity contribution in [2.75, 3.05) is 0 Å². The average molecular weight is 226 g/mol. The predicted molar refractivity (Wildman–Crippen MR) is 65.8 cm³/mol. The number of aromatic amines is 3. The largest absolute Gasteiger partial charge is 0.365 e. The summed E-state index contributed by atoms with van der Waals surface area (Å²) in [5, 5.41) is 7.39. The Morgan fingerprint density at radius 3 is 2.24 bits per heavy atom. The van der Waals surface area contributed by atoms with Gasteiger partial charge in [-0.2, -0.15) is 5.10 Å². The van der Waals surface area contributed by atoms with E-state index in [1.807, 2.05) is 24.5 Å². The molecular formula is C13H14N4. The zero-order valence-corrected chi connectivity index (χ0v) is 9.40. The van der Waals surface area contributed by atoms with Gasteiger partial charge in [-0.25, -0.2) is 0 Å². The Labute approximate surface area is 99.1 Å². The molecule has 4 nitrogen and oxygen atoms in total. The fourth-order valence-electron chi connectivity index (χ4n) is 1.95. The van der Waals surface area contributed by atoms with Crippen molar-refractivity contribution in [1.29, 1.82) is 0 Å². The molecule has 0 bridgehead atoms. The third kappa shape index (κ3) is 2.30. The highest BCUT2D eigenvalue weighted by Gasteiger charge is 2.04. The molecule has 0 amide bonds. The molecule has 0 saturated carbocycles. The molecule has 0 fully saturated rings. The van der Waals surface area contributed by atoms with Crippen molar-refractivity contribution in [3.05, 3.63) is 65.5 Å². The van der Waals surface area contributed by atoms with E-state index in [2.05, 4.69) is 38.4 Å². The van der Waals surface area contributed by atoms with Crippen LogP contribution in [0.3, 0.4) is 0 Å². The van der Waals surface area contributed by atoms with Crippen LogP contribution in [0.15, 0.2) is 42.7 Å². The highest BCUT2D eigenvalue weighted by molar-refractivity contribution is 5.20. The summed E-state index contributed by atoms with van der Waals surface area (Å²) >= 11 is 0. The lowest BCUT2D eigenvalue weighted by atomic mass is 10.2. The van der Waals surface area contributed by atoms with Crippen LogP contribution in [0, 0.1) is 0 Å². The Balaban J connectivity index is 1.70. The second-order valence-corrected chi connectivity index (χ2v) is 4.13. The summed E-state index contributed by atoms with van der Waals surface area (Å²) in [5.74, 6) is 0. The monoisotopic (exact) mass is 226 g/mol. The van der Waals surface area contributed by atoms with Crippen LogP contribution in [0.25, 0.3) is 0 Å². The fourth-order valence-corrected chi connectivity index (χ4v) is 1.95. The lowest BCUT2D eigenvalue weighted by Gasteiger charge is -1.93. The predicted octanol–water partition coefficient (Wildman–Crippen LogP) is 2.25. The minimum Gasteiger partial charge on any atom is -0.365 e. The Morgan fingerprint density at radius 1 is 0.882 bits per heavy atom. The van der Waals surface area contributed by atoms with Gasteiger partial charge in [0.05, 0.1) is 5.69 Å². The maximum absolute atomic E-state index is 4.31. The van der Waals surface area contributed by atoms with Gasteiger partial charge >= 0.3 is 0 Å². The van der Waals surface area contributed by atoms with Crippen LogP contribution < -0.4 is 0 Å². The third-order valence-corrected chi connectivity index (χ3v) is 2.76. The Kier molecular flexibility index (Phi) is 2.54. The fraction of sp³-hybridized carbons (Fsp3) is 0.154. The van der Waals surface area contributed by atoms with E-state index in [0.29, 0.717) is 0 Å². The molecule has 3 rings (SSSR count). The minimum absolute atomic E-state index is 0.841. The van der Waals surface area contributed by atoms with E-state index in [4.69, 9.17) is 0 Å². The van der Waals surface area contributed by atoms with Gasteiger partial charge in [0.1, 0.15) is 0 Å². The number of nitrogens with zero attached hydrogens (tertiary/aromatic N) is 1. The van der Waals surface area contributed by atoms with E-state index in [1.54, 1.807) is 0 Å². The summed E-state index contributed by atoms with van der Waals surface area (Å²) in [7, 11) is 0. The van der Waals surface area contributed by atoms with E-state index in [0.717, 1.165) is 24.2 Å². The lowest BCUT2D eigenvalue weighted by molar-refractivity contribution is 0.940. The summed E-state index contributed by atoms with van der Waals surface area (Å²) in [6, 6.07) is 10.3. The summed E-state index contributed by atoms with van der Waals surface area (Å²) in [4.78, 5) is 6.37. The molecule has 3 heterocycles. The zero-order valence-electron chi connectivity index (χ0n) is 9.40. The molecule has 3 aromatic heterocycles. The first-order valence-corrected chi connectivity index (χ1v) is 5.68. The maximum Gasteiger partial charge on any atom is 0.0683 e. The van der Waals surface area contributed by atoms with Crippen LogP contribution in [0.2, 0.25) is 0 Å². The molecule has 86 valence electrons. The lowest BCUT2D eigenvalue weighted by Crippen LogP contribution is -1.87. The van der Waals surface area contributed by atoms with Crippen LogP contribution >= 0.6 is 0 Å². The molecule has 0 radical (unpaired) electrons. The van der Waals surface area contributed by atoms with Crippen molar-refractivity contribution < 1.29 is 0 Å². The first-order valence-electron chi connectivity index (χ1n) is 5.68. The van der Waals surface area contributed by atoms with Gasteiger partial charge in [0, 0.05) is 42.3 Å². The number of hydrogen-bond acceptors (Lipinski definition) is 1. The van der Waals surface area contributed by atoms with Gasteiger partial charge in [-0.15, -0.1) is 0 Å². The second-order valence-electron chi connectivity index (χ2n) is 4.13. The Bertz CT molecular complexity index is 510. The quantitative estimate of drug-likeness (QED) is 0.627. The first kappa shape index (κ1) is 9.96. The minimum atomic E-state index is 0.841. The topological polar surface area (TPSA) is 60.3 Å². The van der Waals surface area contributed by atoms with Crippen LogP contribution in [-0.4, -0.2) is 20.2 Å². The number of rotatable bonds is 4. The molecule has 0 spiro atoms. The number of hydrogen-bond donors (Lipinski definition) is 3. The molecule has 0 atom stereocenters. The van der Waals surface area contributed by atoms with E-state index >= 15 is 0 Å². The van der Waals surface area contributed by atoms with Crippen molar-refractivity contribution >= 4 is 0 Å². The third-order valence-electron chi connectivity index (χ3n) is 2.76. The highest BCUT2D eigenvalue weighted by Crippen LogP contribution is 2.09. The van der Waals surface area contributed by atoms with Crippen molar-refractivity contribution in [3.8, 4) is 0 Å². The smallest absolute Gasteiger partial charge is 0.0683 e. The van der Waals surface area contributed by atoms with Crippen LogP contribution in [-0.2, 0) is 12.8 Å². The van der Waals surface area contributed by atoms with E-state index in [9.17, 15) is 0 Å². The molecule has 17 heavy (non-hydrogen) atoms. The average Bonchev–Trinajstić information content (AvgIpc) is 3.02. The van der Waals surface area contributed by atoms with Crippen LogP contribution in [0.4, 0.5) is 0 Å². The van der Waals surface area contributed by atoms with Crippen LogP contribution in [0.1, 0.15) is 22.8 Å². The normalized spacial score (nSPS) is 10.8. The standard InChI is InChI=1S/C13H14N4/c1-3-10(14-5-1)7-12-9-13(17-16-12)8-11-4-2-6-15-11/h1-6,9,14-15H,7-8H2,(H,16,17). The molecule has 0 aromatic carbocycles. The Hall–Kier alpha value is -2.23. The van der Waals surface area contributed by atoms with Crippen molar-refractivity contribution in [3.63, 3.8) is 0 Å². The first-order chi connectivity index (χ1) is 8.40. The van der Waals surface area contributed by atoms with Gasteiger partial charge in [-0.3, -0.25) is 5.10 Å². The van der Waals surface area contributed by atoms with Gasteiger partial charge in [0.15, 0.2) is 0 Å². The molecule has 3 aromatic rings. The van der Waals surface area contributed by atoms with Crippen molar-refractivity contribution in [2.24, 2.45) is 0 Å². The van der Waals surface area contributed by atoms with E-state index < -0.39 is 0 Å². The van der Waals surface area contributed by atoms with Gasteiger partial charge < -0.3 is 9.97 Å². The van der Waals surface area contributed by atoms with Gasteiger partial charge in [0.25, 0.3) is 0 Å². The molecule has 3 N–H and O–H groups in total. The Morgan fingerprint density at radius 2 is 1.59 bits per heavy atom. The molecule has 0 aliphatic rings. The maximum atomic E-state index is 4.31. The SMILES string of the molecule is c1c[nH]c(Cc2cc(Cc3ccc[nH]3)[nH]n2)c1. The molecule has 0 saturated heterocycles. The molecule has 0 aliphatic heterocycles. The van der Waals surface area contributed by atoms with Gasteiger partial charge in [0.2, 0.25) is 0 Å². The molecule has 4 heteroatoms. The van der Waals surface area contributed by atoms with Gasteiger partial charge in [-0.1, -0.05) is 0 Å². The van der Waals surface area contributed by atoms with Gasteiger partial charge in [-0.05, 0) is 30.3 Å². The second kappa shape index (κ2) is 4.33. The van der Waals surface area contributed by atoms with E-state index in [1.165, 1.54) is 11.4 Å². The summed E-state index contributed by atoms with van der Waals surface area (Å²) in [6.45, 7) is 0. The van der Waals surface area contributed by atoms with Crippen molar-refractivity contribution in [2.45, 2.75) is 12.8 Å². The van der Waals surface area contributed by atoms with Crippen LogP contribution in [0.5, 0.6) is 0 Å². The van der Waals surface area contributed by atoms with E-state index in [-0.39, 0.29) is 0 Å². The number of H-pyrrole nitrogens is 3. The molecular weight excluding hydrogens is 212 g/mol. The molecule has 0 aliphatic carbocycles. The summed E-state index contributed by atoms with van der Waals surface area (Å²) in [5.41, 5.74) is 4.58. The summed E-state index contributed by atoms with van der Waals surface area (Å²) in [6.07, 6.45) is 5.58.